The second kappa shape index (κ2) is 17.5. The Labute approximate surface area is 405 Å². The third kappa shape index (κ3) is 7.57. The fraction of sp³-hybridized carbons (Fsp3) is 0.0448. The minimum absolute atomic E-state index is 0.182. The maximum absolute atomic E-state index is 2.49. The van der Waals surface area contributed by atoms with Gasteiger partial charge in [-0.25, -0.2) is 0 Å². The van der Waals surface area contributed by atoms with Crippen LogP contribution in [0.3, 0.4) is 0 Å². The molecule has 1 aliphatic rings. The molecule has 0 heterocycles. The smallest absolute Gasteiger partial charge is 0.0540 e. The fourth-order valence-corrected chi connectivity index (χ4v) is 10.7. The number of hydrogen-bond acceptors (Lipinski definition) is 2. The van der Waals surface area contributed by atoms with Crippen LogP contribution in [0.2, 0.25) is 0 Å². The van der Waals surface area contributed by atoms with E-state index in [1.54, 1.807) is 0 Å². The van der Waals surface area contributed by atoms with Gasteiger partial charge in [-0.1, -0.05) is 214 Å². The van der Waals surface area contributed by atoms with Crippen LogP contribution < -0.4 is 9.80 Å². The summed E-state index contributed by atoms with van der Waals surface area (Å²) in [5.74, 6) is 0. The average molecular weight is 883 g/mol. The first kappa shape index (κ1) is 41.7. The SMILES string of the molecule is CC1(C)c2ccccc2-c2ccc(N(c3cc(-c4cccc(-c5ccc6ccccc6c5-c5ccccc5)c4)cc(N(c4ccccc4)c4ccccc4)c3)c3ccccc3-c3ccccc3)cc21. The normalized spacial score (nSPS) is 12.3. The molecule has 2 nitrogen and oxygen atoms in total. The minimum Gasteiger partial charge on any atom is -0.310 e. The van der Waals surface area contributed by atoms with Crippen LogP contribution in [0.4, 0.5) is 34.1 Å². The second-order valence-electron chi connectivity index (χ2n) is 18.5. The fourth-order valence-electron chi connectivity index (χ4n) is 10.7. The van der Waals surface area contributed by atoms with Gasteiger partial charge in [0.1, 0.15) is 0 Å². The van der Waals surface area contributed by atoms with Crippen molar-refractivity contribution in [1.82, 2.24) is 0 Å². The van der Waals surface area contributed by atoms with Gasteiger partial charge < -0.3 is 9.80 Å². The van der Waals surface area contributed by atoms with E-state index in [2.05, 4.69) is 291 Å². The van der Waals surface area contributed by atoms with Gasteiger partial charge in [-0.05, 0) is 139 Å². The molecule has 0 amide bonds. The molecule has 328 valence electrons. The third-order valence-electron chi connectivity index (χ3n) is 14.0. The monoisotopic (exact) mass is 882 g/mol. The minimum atomic E-state index is -0.182. The van der Waals surface area contributed by atoms with Crippen molar-refractivity contribution < 1.29 is 0 Å². The summed E-state index contributed by atoms with van der Waals surface area (Å²) in [6.07, 6.45) is 0. The highest BCUT2D eigenvalue weighted by Crippen LogP contribution is 2.52. The first-order valence-corrected chi connectivity index (χ1v) is 23.9. The van der Waals surface area contributed by atoms with Crippen LogP contribution in [0.5, 0.6) is 0 Å². The summed E-state index contributed by atoms with van der Waals surface area (Å²) in [4.78, 5) is 4.88. The Morgan fingerprint density at radius 1 is 0.275 bits per heavy atom. The molecule has 0 unspecified atom stereocenters. The zero-order valence-electron chi connectivity index (χ0n) is 38.8. The van der Waals surface area contributed by atoms with Crippen molar-refractivity contribution in [2.75, 3.05) is 9.80 Å². The molecule has 0 fully saturated rings. The van der Waals surface area contributed by atoms with Crippen LogP contribution in [-0.4, -0.2) is 0 Å². The van der Waals surface area contributed by atoms with Crippen LogP contribution in [0.15, 0.2) is 267 Å². The standard InChI is InChI=1S/C67H50N2/c1-67(2)63-36-19-17-35-61(63)62-41-39-55(46-64(62)67)69(65-37-20-18-33-58(65)47-22-7-3-8-23-47)57-44-52(43-56(45-57)68(53-29-11-5-12-30-53)54-31-13-6-14-32-54)50-27-21-28-51(42-50)60-40-38-48-24-15-16-34-59(48)66(60)49-25-9-4-10-26-49/h3-46H,1-2H3. The number of hydrogen-bond donors (Lipinski definition) is 0. The third-order valence-corrected chi connectivity index (χ3v) is 14.0. The van der Waals surface area contributed by atoms with Crippen molar-refractivity contribution in [2.24, 2.45) is 0 Å². The second-order valence-corrected chi connectivity index (χ2v) is 18.5. The summed E-state index contributed by atoms with van der Waals surface area (Å²) in [7, 11) is 0. The highest BCUT2D eigenvalue weighted by atomic mass is 15.2. The molecule has 12 rings (SSSR count). The predicted octanol–water partition coefficient (Wildman–Crippen LogP) is 18.8. The summed E-state index contributed by atoms with van der Waals surface area (Å²) < 4.78 is 0. The molecule has 0 atom stereocenters. The van der Waals surface area contributed by atoms with E-state index in [0.717, 1.165) is 56.4 Å². The Morgan fingerprint density at radius 2 is 0.812 bits per heavy atom. The van der Waals surface area contributed by atoms with Crippen LogP contribution >= 0.6 is 0 Å². The summed E-state index contributed by atoms with van der Waals surface area (Å²) >= 11 is 0. The molecule has 69 heavy (non-hydrogen) atoms. The number of rotatable bonds is 10. The summed E-state index contributed by atoms with van der Waals surface area (Å²) in [5, 5.41) is 2.47. The van der Waals surface area contributed by atoms with Gasteiger partial charge in [0, 0.05) is 39.4 Å². The highest BCUT2D eigenvalue weighted by Gasteiger charge is 2.36. The highest BCUT2D eigenvalue weighted by molar-refractivity contribution is 6.04. The van der Waals surface area contributed by atoms with Gasteiger partial charge in [0.05, 0.1) is 5.69 Å². The van der Waals surface area contributed by atoms with E-state index in [-0.39, 0.29) is 5.41 Å². The van der Waals surface area contributed by atoms with Gasteiger partial charge in [-0.3, -0.25) is 0 Å². The lowest BCUT2D eigenvalue weighted by Gasteiger charge is -2.32. The van der Waals surface area contributed by atoms with Gasteiger partial charge >= 0.3 is 0 Å². The van der Waals surface area contributed by atoms with Crippen LogP contribution in [0.25, 0.3) is 66.4 Å². The molecule has 2 heteroatoms. The van der Waals surface area contributed by atoms with E-state index in [0.29, 0.717) is 0 Å². The number of anilines is 6. The molecule has 11 aromatic carbocycles. The molecule has 11 aromatic rings. The molecule has 0 saturated carbocycles. The molecule has 1 aliphatic carbocycles. The lowest BCUT2D eigenvalue weighted by molar-refractivity contribution is 0.660. The Hall–Kier alpha value is -8.72. The van der Waals surface area contributed by atoms with E-state index in [4.69, 9.17) is 0 Å². The van der Waals surface area contributed by atoms with E-state index in [1.165, 1.54) is 55.3 Å². The summed E-state index contributed by atoms with van der Waals surface area (Å²) in [5.41, 5.74) is 21.0. The Balaban J connectivity index is 1.12. The number of nitrogens with zero attached hydrogens (tertiary/aromatic N) is 2. The molecule has 0 bridgehead atoms. The summed E-state index contributed by atoms with van der Waals surface area (Å²) in [6, 6.07) is 97.6. The van der Waals surface area contributed by atoms with Gasteiger partial charge in [0.2, 0.25) is 0 Å². The lowest BCUT2D eigenvalue weighted by Crippen LogP contribution is -2.17. The molecule has 0 radical (unpaired) electrons. The van der Waals surface area contributed by atoms with Gasteiger partial charge in [-0.2, -0.15) is 0 Å². The Bertz CT molecular complexity index is 3590. The average Bonchev–Trinajstić information content (AvgIpc) is 3.64. The first-order chi connectivity index (χ1) is 34.0. The molecule has 0 aliphatic heterocycles. The lowest BCUT2D eigenvalue weighted by atomic mass is 9.82. The van der Waals surface area contributed by atoms with E-state index in [9.17, 15) is 0 Å². The van der Waals surface area contributed by atoms with Gasteiger partial charge in [0.15, 0.2) is 0 Å². The van der Waals surface area contributed by atoms with Crippen LogP contribution in [-0.2, 0) is 5.41 Å². The van der Waals surface area contributed by atoms with Crippen molar-refractivity contribution in [3.63, 3.8) is 0 Å². The molecule has 0 aromatic heterocycles. The molecular formula is C67H50N2. The van der Waals surface area contributed by atoms with Crippen LogP contribution in [0, 0.1) is 0 Å². The van der Waals surface area contributed by atoms with Gasteiger partial charge in [-0.15, -0.1) is 0 Å². The first-order valence-electron chi connectivity index (χ1n) is 23.9. The number of fused-ring (bicyclic) bond motifs is 4. The Morgan fingerprint density at radius 3 is 1.54 bits per heavy atom. The number of benzene rings is 11. The zero-order valence-corrected chi connectivity index (χ0v) is 38.8. The molecule has 0 saturated heterocycles. The van der Waals surface area contributed by atoms with Gasteiger partial charge in [0.25, 0.3) is 0 Å². The largest absolute Gasteiger partial charge is 0.310 e. The number of para-hydroxylation sites is 3. The van der Waals surface area contributed by atoms with E-state index < -0.39 is 0 Å². The van der Waals surface area contributed by atoms with Crippen molar-refractivity contribution in [3.05, 3.63) is 278 Å². The molecular weight excluding hydrogens is 833 g/mol. The van der Waals surface area contributed by atoms with E-state index in [1.807, 2.05) is 0 Å². The van der Waals surface area contributed by atoms with Crippen molar-refractivity contribution in [2.45, 2.75) is 19.3 Å². The van der Waals surface area contributed by atoms with Crippen LogP contribution in [0.1, 0.15) is 25.0 Å². The molecule has 0 N–H and O–H groups in total. The van der Waals surface area contributed by atoms with Crippen molar-refractivity contribution in [1.29, 1.82) is 0 Å². The van der Waals surface area contributed by atoms with Crippen molar-refractivity contribution in [3.8, 4) is 55.6 Å². The quantitative estimate of drug-likeness (QED) is 0.135. The maximum atomic E-state index is 2.49. The summed E-state index contributed by atoms with van der Waals surface area (Å²) in [6.45, 7) is 4.73. The predicted molar refractivity (Wildman–Crippen MR) is 293 cm³/mol. The zero-order chi connectivity index (χ0) is 46.3. The Kier molecular flexibility index (Phi) is 10.6. The van der Waals surface area contributed by atoms with Crippen molar-refractivity contribution >= 4 is 44.9 Å². The topological polar surface area (TPSA) is 6.48 Å². The van der Waals surface area contributed by atoms with E-state index >= 15 is 0 Å². The molecule has 0 spiro atoms. The maximum Gasteiger partial charge on any atom is 0.0540 e.